The molecule has 0 saturated heterocycles. The van der Waals surface area contributed by atoms with E-state index in [1.807, 2.05) is 18.2 Å². The molecule has 3 aromatic heterocycles. The van der Waals surface area contributed by atoms with E-state index in [9.17, 15) is 0 Å². The molecule has 0 atom stereocenters. The lowest BCUT2D eigenvalue weighted by molar-refractivity contribution is 0.662. The van der Waals surface area contributed by atoms with Crippen LogP contribution in [0.4, 0.5) is 0 Å². The quantitative estimate of drug-likeness (QED) is 0.192. The van der Waals surface area contributed by atoms with Gasteiger partial charge in [-0.1, -0.05) is 129 Å². The van der Waals surface area contributed by atoms with Crippen molar-refractivity contribution in [1.82, 2.24) is 14.5 Å². The van der Waals surface area contributed by atoms with Gasteiger partial charge in [-0.3, -0.25) is 4.57 Å². The molecule has 0 radical (unpaired) electrons. The van der Waals surface area contributed by atoms with E-state index in [4.69, 9.17) is 14.4 Å². The van der Waals surface area contributed by atoms with Gasteiger partial charge in [-0.25, -0.2) is 9.97 Å². The molecule has 10 aromatic rings. The van der Waals surface area contributed by atoms with Crippen LogP contribution in [0.25, 0.3) is 93.8 Å². The molecule has 49 heavy (non-hydrogen) atoms. The molecule has 11 rings (SSSR count). The van der Waals surface area contributed by atoms with Gasteiger partial charge in [0.25, 0.3) is 0 Å². The Hall–Kier alpha value is -6.26. The molecule has 0 N–H and O–H groups in total. The van der Waals surface area contributed by atoms with E-state index >= 15 is 0 Å². The second-order valence-corrected chi connectivity index (χ2v) is 13.8. The van der Waals surface area contributed by atoms with Crippen LogP contribution in [0.3, 0.4) is 0 Å². The maximum atomic E-state index is 6.57. The summed E-state index contributed by atoms with van der Waals surface area (Å²) in [7, 11) is 0. The molecular weight excluding hydrogens is 599 g/mol. The van der Waals surface area contributed by atoms with Gasteiger partial charge >= 0.3 is 0 Å². The monoisotopic (exact) mass is 627 g/mol. The Bertz CT molecular complexity index is 3030. The predicted molar refractivity (Wildman–Crippen MR) is 202 cm³/mol. The summed E-state index contributed by atoms with van der Waals surface area (Å²) in [6.07, 6.45) is 0. The molecule has 0 fully saturated rings. The summed E-state index contributed by atoms with van der Waals surface area (Å²) in [6, 6.07) is 49.7. The molecule has 230 valence electrons. The zero-order chi connectivity index (χ0) is 32.4. The zero-order valence-corrected chi connectivity index (χ0v) is 27.0. The number of benzene rings is 7. The Balaban J connectivity index is 1.35. The summed E-state index contributed by atoms with van der Waals surface area (Å²) >= 11 is 0. The third-order valence-corrected chi connectivity index (χ3v) is 10.8. The van der Waals surface area contributed by atoms with Gasteiger partial charge in [0, 0.05) is 27.1 Å². The molecule has 0 spiro atoms. The third-order valence-electron chi connectivity index (χ3n) is 10.8. The SMILES string of the molecule is CC1(C)c2ccccc2-c2c1c1c(c3ccccc23)c2ccccc2n1-c1nc(-c2ccc3ccccc3c2)c2oc3ccccc3c2n1. The van der Waals surface area contributed by atoms with Crippen LogP contribution in [-0.4, -0.2) is 14.5 Å². The number of fused-ring (bicyclic) bond motifs is 14. The number of furan rings is 1. The highest BCUT2D eigenvalue weighted by Gasteiger charge is 2.40. The van der Waals surface area contributed by atoms with Crippen molar-refractivity contribution < 1.29 is 4.42 Å². The molecule has 1 aliphatic carbocycles. The third kappa shape index (κ3) is 3.47. The van der Waals surface area contributed by atoms with Crippen molar-refractivity contribution in [3.63, 3.8) is 0 Å². The van der Waals surface area contributed by atoms with Crippen molar-refractivity contribution in [2.75, 3.05) is 0 Å². The molecule has 1 aliphatic rings. The lowest BCUT2D eigenvalue weighted by atomic mass is 9.80. The number of aromatic nitrogens is 3. The van der Waals surface area contributed by atoms with E-state index < -0.39 is 0 Å². The molecule has 0 aliphatic heterocycles. The Kier molecular flexibility index (Phi) is 5.15. The lowest BCUT2D eigenvalue weighted by Crippen LogP contribution is -2.17. The van der Waals surface area contributed by atoms with E-state index in [0.717, 1.165) is 44.2 Å². The smallest absolute Gasteiger partial charge is 0.236 e. The standard InChI is InChI=1S/C45H29N3O/c1-45(2)34-20-10-7-17-31(34)37-29-15-5-6-16-30(29)38-32-18-8-11-21-35(32)48(42(38)39(37)45)44-46-40(28-24-23-26-13-3-4-14-27(26)25-28)43-41(47-44)33-19-9-12-22-36(33)49-43/h3-25H,1-2H3. The first-order valence-electron chi connectivity index (χ1n) is 16.8. The summed E-state index contributed by atoms with van der Waals surface area (Å²) in [6.45, 7) is 4.73. The molecule has 0 unspecified atom stereocenters. The highest BCUT2D eigenvalue weighted by molar-refractivity contribution is 6.27. The van der Waals surface area contributed by atoms with Crippen LogP contribution in [0.5, 0.6) is 0 Å². The Morgan fingerprint density at radius 3 is 2.18 bits per heavy atom. The molecule has 0 bridgehead atoms. The first-order valence-corrected chi connectivity index (χ1v) is 16.8. The fourth-order valence-corrected chi connectivity index (χ4v) is 8.61. The van der Waals surface area contributed by atoms with Crippen LogP contribution in [-0.2, 0) is 5.41 Å². The molecule has 4 heteroatoms. The number of para-hydroxylation sites is 2. The summed E-state index contributed by atoms with van der Waals surface area (Å²) in [5.74, 6) is 0.637. The average molecular weight is 628 g/mol. The van der Waals surface area contributed by atoms with Gasteiger partial charge in [-0.15, -0.1) is 0 Å². The van der Waals surface area contributed by atoms with Gasteiger partial charge in [0.05, 0.1) is 11.0 Å². The minimum absolute atomic E-state index is 0.256. The largest absolute Gasteiger partial charge is 0.452 e. The van der Waals surface area contributed by atoms with Crippen LogP contribution in [0.1, 0.15) is 25.0 Å². The highest BCUT2D eigenvalue weighted by atomic mass is 16.3. The first-order chi connectivity index (χ1) is 24.1. The number of hydrogen-bond acceptors (Lipinski definition) is 3. The predicted octanol–water partition coefficient (Wildman–Crippen LogP) is 11.8. The zero-order valence-electron chi connectivity index (χ0n) is 27.0. The van der Waals surface area contributed by atoms with Crippen molar-refractivity contribution in [3.8, 4) is 28.3 Å². The summed E-state index contributed by atoms with van der Waals surface area (Å²) in [4.78, 5) is 10.9. The second kappa shape index (κ2) is 9.42. The van der Waals surface area contributed by atoms with Gasteiger partial charge in [0.2, 0.25) is 5.95 Å². The first kappa shape index (κ1) is 26.8. The minimum Gasteiger partial charge on any atom is -0.452 e. The van der Waals surface area contributed by atoms with Crippen molar-refractivity contribution in [2.45, 2.75) is 19.3 Å². The molecule has 7 aromatic carbocycles. The van der Waals surface area contributed by atoms with Gasteiger partial charge in [0.15, 0.2) is 5.58 Å². The fraction of sp³-hybridized carbons (Fsp3) is 0.0667. The van der Waals surface area contributed by atoms with E-state index in [1.54, 1.807) is 0 Å². The normalized spacial score (nSPS) is 13.7. The van der Waals surface area contributed by atoms with Gasteiger partial charge < -0.3 is 4.42 Å². The van der Waals surface area contributed by atoms with E-state index in [-0.39, 0.29) is 5.41 Å². The van der Waals surface area contributed by atoms with Gasteiger partial charge in [-0.2, -0.15) is 0 Å². The molecule has 3 heterocycles. The average Bonchev–Trinajstić information content (AvgIpc) is 3.77. The van der Waals surface area contributed by atoms with Gasteiger partial charge in [0.1, 0.15) is 16.8 Å². The summed E-state index contributed by atoms with van der Waals surface area (Å²) < 4.78 is 8.90. The summed E-state index contributed by atoms with van der Waals surface area (Å²) in [5.41, 5.74) is 11.3. The van der Waals surface area contributed by atoms with E-state index in [2.05, 4.69) is 140 Å². The molecular formula is C45H29N3O. The van der Waals surface area contributed by atoms with Crippen LogP contribution in [0.2, 0.25) is 0 Å². The van der Waals surface area contributed by atoms with E-state index in [0.29, 0.717) is 11.5 Å². The molecule has 0 amide bonds. The van der Waals surface area contributed by atoms with Crippen LogP contribution in [0, 0.1) is 0 Å². The fourth-order valence-electron chi connectivity index (χ4n) is 8.61. The van der Waals surface area contributed by atoms with Crippen molar-refractivity contribution in [3.05, 3.63) is 151 Å². The van der Waals surface area contributed by atoms with Crippen molar-refractivity contribution in [2.24, 2.45) is 0 Å². The van der Waals surface area contributed by atoms with Crippen LogP contribution >= 0.6 is 0 Å². The van der Waals surface area contributed by atoms with Crippen molar-refractivity contribution >= 4 is 65.4 Å². The Morgan fingerprint density at radius 1 is 0.612 bits per heavy atom. The number of hydrogen-bond donors (Lipinski definition) is 0. The van der Waals surface area contributed by atoms with Crippen LogP contribution in [0.15, 0.2) is 144 Å². The van der Waals surface area contributed by atoms with Crippen molar-refractivity contribution in [1.29, 1.82) is 0 Å². The Labute approximate surface area is 281 Å². The minimum atomic E-state index is -0.256. The topological polar surface area (TPSA) is 43.9 Å². The maximum Gasteiger partial charge on any atom is 0.236 e. The van der Waals surface area contributed by atoms with E-state index in [1.165, 1.54) is 49.2 Å². The second-order valence-electron chi connectivity index (χ2n) is 13.8. The number of rotatable bonds is 2. The number of nitrogens with zero attached hydrogens (tertiary/aromatic N) is 3. The Morgan fingerprint density at radius 2 is 1.31 bits per heavy atom. The highest BCUT2D eigenvalue weighted by Crippen LogP contribution is 2.56. The lowest BCUT2D eigenvalue weighted by Gasteiger charge is -2.24. The van der Waals surface area contributed by atoms with Gasteiger partial charge in [-0.05, 0) is 68.1 Å². The maximum absolute atomic E-state index is 6.57. The molecule has 4 nitrogen and oxygen atoms in total. The summed E-state index contributed by atoms with van der Waals surface area (Å²) in [5, 5.41) is 8.27. The molecule has 0 saturated carbocycles. The van der Waals surface area contributed by atoms with Crippen LogP contribution < -0.4 is 0 Å².